The molecule has 0 aliphatic rings. The smallest absolute Gasteiger partial charge is 0.0349 e. The van der Waals surface area contributed by atoms with E-state index in [9.17, 15) is 0 Å². The Labute approximate surface area is 79.8 Å². The lowest BCUT2D eigenvalue weighted by atomic mass is 10.4. The van der Waals surface area contributed by atoms with Crippen LogP contribution in [0.15, 0.2) is 35.0 Å². The molecule has 2 rings (SSSR count). The standard InChI is InChI=1S/C10H7S2/c1-3-9(11-7-1)5-6-10-4-2-8-12-10/h1-5,7-8H. The molecule has 0 amide bonds. The number of hydrogen-bond acceptors (Lipinski definition) is 2. The predicted octanol–water partition coefficient (Wildman–Crippen LogP) is 3.67. The van der Waals surface area contributed by atoms with Crippen molar-refractivity contribution < 1.29 is 0 Å². The second-order valence-electron chi connectivity index (χ2n) is 2.28. The van der Waals surface area contributed by atoms with Gasteiger partial charge >= 0.3 is 0 Å². The summed E-state index contributed by atoms with van der Waals surface area (Å²) in [5.41, 5.74) is 0. The molecule has 0 nitrogen and oxygen atoms in total. The minimum absolute atomic E-state index is 1.18. The van der Waals surface area contributed by atoms with E-state index in [0.29, 0.717) is 0 Å². The predicted molar refractivity (Wildman–Crippen MR) is 55.4 cm³/mol. The van der Waals surface area contributed by atoms with Crippen LogP contribution in [0.4, 0.5) is 0 Å². The molecular weight excluding hydrogens is 184 g/mol. The van der Waals surface area contributed by atoms with Gasteiger partial charge in [-0.2, -0.15) is 0 Å². The molecule has 2 heteroatoms. The first kappa shape index (κ1) is 7.77. The second kappa shape index (κ2) is 3.70. The van der Waals surface area contributed by atoms with Crippen molar-refractivity contribution in [1.29, 1.82) is 0 Å². The van der Waals surface area contributed by atoms with E-state index in [1.54, 1.807) is 22.7 Å². The van der Waals surface area contributed by atoms with Crippen LogP contribution < -0.4 is 0 Å². The molecule has 0 saturated heterocycles. The number of hydrogen-bond donors (Lipinski definition) is 0. The number of thiophene rings is 2. The molecular formula is C10H7S2. The normalized spacial score (nSPS) is 11.0. The Kier molecular flexibility index (Phi) is 2.39. The summed E-state index contributed by atoms with van der Waals surface area (Å²) in [5, 5.41) is 4.13. The van der Waals surface area contributed by atoms with Crippen molar-refractivity contribution in [3.8, 4) is 0 Å². The van der Waals surface area contributed by atoms with E-state index in [2.05, 4.69) is 29.0 Å². The molecule has 0 aliphatic heterocycles. The lowest BCUT2D eigenvalue weighted by Crippen LogP contribution is -1.60. The quantitative estimate of drug-likeness (QED) is 0.679. The molecule has 12 heavy (non-hydrogen) atoms. The molecule has 0 spiro atoms. The average Bonchev–Trinajstić information content (AvgIpc) is 2.74. The first-order valence-corrected chi connectivity index (χ1v) is 5.38. The fraction of sp³-hybridized carbons (Fsp3) is 0. The summed E-state index contributed by atoms with van der Waals surface area (Å²) in [6, 6.07) is 8.24. The molecule has 0 unspecified atom stereocenters. The molecule has 2 heterocycles. The third-order valence-electron chi connectivity index (χ3n) is 1.42. The van der Waals surface area contributed by atoms with Crippen LogP contribution in [0.3, 0.4) is 0 Å². The van der Waals surface area contributed by atoms with E-state index in [4.69, 9.17) is 0 Å². The van der Waals surface area contributed by atoms with E-state index < -0.39 is 0 Å². The molecule has 0 saturated carbocycles. The Morgan fingerprint density at radius 3 is 2.58 bits per heavy atom. The summed E-state index contributed by atoms with van der Waals surface area (Å²) in [6.45, 7) is 0. The van der Waals surface area contributed by atoms with Crippen molar-refractivity contribution in [3.05, 3.63) is 50.9 Å². The third-order valence-corrected chi connectivity index (χ3v) is 3.04. The zero-order valence-corrected chi connectivity index (χ0v) is 7.99. The molecule has 0 aromatic carbocycles. The molecule has 2 aromatic heterocycles. The minimum Gasteiger partial charge on any atom is -0.144 e. The summed E-state index contributed by atoms with van der Waals surface area (Å²) in [6.07, 6.45) is 5.26. The maximum atomic E-state index is 3.23. The highest BCUT2D eigenvalue weighted by atomic mass is 32.1. The second-order valence-corrected chi connectivity index (χ2v) is 4.21. The highest BCUT2D eigenvalue weighted by molar-refractivity contribution is 7.11. The van der Waals surface area contributed by atoms with Gasteiger partial charge in [0.2, 0.25) is 0 Å². The van der Waals surface area contributed by atoms with Gasteiger partial charge in [-0.15, -0.1) is 22.7 Å². The first-order chi connectivity index (χ1) is 5.95. The Morgan fingerprint density at radius 1 is 1.08 bits per heavy atom. The Morgan fingerprint density at radius 2 is 1.92 bits per heavy atom. The maximum absolute atomic E-state index is 3.23. The van der Waals surface area contributed by atoms with E-state index in [1.807, 2.05) is 18.2 Å². The molecule has 59 valence electrons. The van der Waals surface area contributed by atoms with Gasteiger partial charge < -0.3 is 0 Å². The Hall–Kier alpha value is -0.860. The molecule has 0 fully saturated rings. The van der Waals surface area contributed by atoms with Crippen LogP contribution in [0.25, 0.3) is 6.08 Å². The van der Waals surface area contributed by atoms with E-state index >= 15 is 0 Å². The largest absolute Gasteiger partial charge is 0.144 e. The van der Waals surface area contributed by atoms with E-state index in [0.717, 1.165) is 0 Å². The zero-order chi connectivity index (χ0) is 8.23. The molecule has 2 aromatic rings. The zero-order valence-electron chi connectivity index (χ0n) is 6.36. The van der Waals surface area contributed by atoms with Crippen molar-refractivity contribution in [3.63, 3.8) is 0 Å². The van der Waals surface area contributed by atoms with Crippen molar-refractivity contribution in [2.45, 2.75) is 0 Å². The van der Waals surface area contributed by atoms with Crippen molar-refractivity contribution in [1.82, 2.24) is 0 Å². The fourth-order valence-corrected chi connectivity index (χ4v) is 2.06. The summed E-state index contributed by atoms with van der Waals surface area (Å²) in [4.78, 5) is 2.44. The van der Waals surface area contributed by atoms with Crippen LogP contribution in [-0.4, -0.2) is 0 Å². The topological polar surface area (TPSA) is 0 Å². The fourth-order valence-electron chi connectivity index (χ4n) is 0.876. The van der Waals surface area contributed by atoms with Crippen LogP contribution in [0.5, 0.6) is 0 Å². The summed E-state index contributed by atoms with van der Waals surface area (Å²) < 4.78 is 0. The van der Waals surface area contributed by atoms with Crippen LogP contribution >= 0.6 is 22.7 Å². The van der Waals surface area contributed by atoms with Gasteiger partial charge in [0.1, 0.15) is 0 Å². The van der Waals surface area contributed by atoms with Crippen LogP contribution in [-0.2, 0) is 0 Å². The van der Waals surface area contributed by atoms with Gasteiger partial charge in [-0.25, -0.2) is 0 Å². The van der Waals surface area contributed by atoms with Gasteiger partial charge in [-0.05, 0) is 29.0 Å². The highest BCUT2D eigenvalue weighted by Gasteiger charge is 1.88. The monoisotopic (exact) mass is 191 g/mol. The molecule has 0 atom stereocenters. The van der Waals surface area contributed by atoms with E-state index in [1.165, 1.54) is 9.75 Å². The van der Waals surface area contributed by atoms with Crippen molar-refractivity contribution >= 4 is 28.7 Å². The third kappa shape index (κ3) is 1.84. The summed E-state index contributed by atoms with van der Waals surface area (Å²) >= 11 is 3.44. The van der Waals surface area contributed by atoms with Crippen LogP contribution in [0.2, 0.25) is 0 Å². The summed E-state index contributed by atoms with van der Waals surface area (Å²) in [5.74, 6) is 0. The maximum Gasteiger partial charge on any atom is 0.0349 e. The van der Waals surface area contributed by atoms with Gasteiger partial charge in [0.25, 0.3) is 0 Å². The van der Waals surface area contributed by atoms with Gasteiger partial charge in [-0.1, -0.05) is 12.1 Å². The average molecular weight is 191 g/mol. The first-order valence-electron chi connectivity index (χ1n) is 3.62. The van der Waals surface area contributed by atoms with Gasteiger partial charge in [-0.3, -0.25) is 0 Å². The van der Waals surface area contributed by atoms with Crippen LogP contribution in [0, 0.1) is 6.08 Å². The van der Waals surface area contributed by atoms with E-state index in [-0.39, 0.29) is 0 Å². The molecule has 0 bridgehead atoms. The molecule has 0 aliphatic carbocycles. The lowest BCUT2D eigenvalue weighted by Gasteiger charge is -1.81. The van der Waals surface area contributed by atoms with Gasteiger partial charge in [0.15, 0.2) is 0 Å². The highest BCUT2D eigenvalue weighted by Crippen LogP contribution is 2.14. The van der Waals surface area contributed by atoms with Gasteiger partial charge in [0.05, 0.1) is 0 Å². The van der Waals surface area contributed by atoms with Gasteiger partial charge in [0, 0.05) is 15.8 Å². The number of rotatable bonds is 2. The van der Waals surface area contributed by atoms with Crippen LogP contribution in [0.1, 0.15) is 9.75 Å². The molecule has 1 radical (unpaired) electrons. The summed E-state index contributed by atoms with van der Waals surface area (Å²) in [7, 11) is 0. The van der Waals surface area contributed by atoms with Crippen molar-refractivity contribution in [2.75, 3.05) is 0 Å². The lowest BCUT2D eigenvalue weighted by molar-refractivity contribution is 1.81. The minimum atomic E-state index is 1.18. The Balaban J connectivity index is 2.14. The van der Waals surface area contributed by atoms with Crippen molar-refractivity contribution in [2.24, 2.45) is 0 Å². The SMILES string of the molecule is [C](=C\c1cccs1)/c1cccs1. The Bertz CT molecular complexity index is 305. The molecule has 0 N–H and O–H groups in total.